The Bertz CT molecular complexity index is 410. The van der Waals surface area contributed by atoms with E-state index in [4.69, 9.17) is 0 Å². The first kappa shape index (κ1) is 14.2. The molecule has 1 aromatic rings. The number of carboxylic acid groups (broad SMARTS) is 1. The number of carbonyl (C=O) groups excluding carboxylic acids is 1. The second kappa shape index (κ2) is 6.19. The van der Waals surface area contributed by atoms with Crippen molar-refractivity contribution in [2.24, 2.45) is 5.41 Å². The van der Waals surface area contributed by atoms with E-state index in [9.17, 15) is 14.7 Å². The summed E-state index contributed by atoms with van der Waals surface area (Å²) < 4.78 is 0. The molecule has 0 heterocycles. The Morgan fingerprint density at radius 1 is 1.17 bits per heavy atom. The van der Waals surface area contributed by atoms with Gasteiger partial charge < -0.3 is 10.4 Å². The molecular formula is C14H19NO3. The average Bonchev–Trinajstić information content (AvgIpc) is 2.39. The normalized spacial score (nSPS) is 11.0. The average molecular weight is 249 g/mol. The van der Waals surface area contributed by atoms with Crippen LogP contribution in [-0.4, -0.2) is 17.0 Å². The maximum atomic E-state index is 12.1. The van der Waals surface area contributed by atoms with Crippen molar-refractivity contribution in [2.45, 2.75) is 33.2 Å². The summed E-state index contributed by atoms with van der Waals surface area (Å²) in [4.78, 5) is 23.3. The van der Waals surface area contributed by atoms with Gasteiger partial charge in [0.25, 0.3) is 0 Å². The first-order valence-electron chi connectivity index (χ1n) is 6.12. The highest BCUT2D eigenvalue weighted by Crippen LogP contribution is 2.27. The van der Waals surface area contributed by atoms with Gasteiger partial charge in [0.1, 0.15) is 5.41 Å². The minimum absolute atomic E-state index is 0.291. The lowest BCUT2D eigenvalue weighted by atomic mass is 9.81. The van der Waals surface area contributed by atoms with Crippen molar-refractivity contribution in [2.75, 3.05) is 0 Å². The third-order valence-electron chi connectivity index (χ3n) is 3.35. The van der Waals surface area contributed by atoms with Gasteiger partial charge in [0.05, 0.1) is 0 Å². The summed E-state index contributed by atoms with van der Waals surface area (Å²) in [5, 5.41) is 11.9. The fourth-order valence-electron chi connectivity index (χ4n) is 1.92. The molecule has 1 aromatic carbocycles. The Morgan fingerprint density at radius 2 is 1.72 bits per heavy atom. The van der Waals surface area contributed by atoms with Gasteiger partial charge in [-0.3, -0.25) is 9.59 Å². The molecule has 2 N–H and O–H groups in total. The molecule has 0 saturated carbocycles. The Balaban J connectivity index is 2.72. The SMILES string of the molecule is CCC(CC)(C(=O)O)C(=O)NCc1ccccc1. The molecule has 0 aliphatic rings. The summed E-state index contributed by atoms with van der Waals surface area (Å²) in [7, 11) is 0. The van der Waals surface area contributed by atoms with Crippen LogP contribution in [0.5, 0.6) is 0 Å². The standard InChI is InChI=1S/C14H19NO3/c1-3-14(4-2,13(17)18)12(16)15-10-11-8-6-5-7-9-11/h5-9H,3-4,10H2,1-2H3,(H,15,16)(H,17,18). The fourth-order valence-corrected chi connectivity index (χ4v) is 1.92. The molecule has 18 heavy (non-hydrogen) atoms. The molecule has 0 saturated heterocycles. The zero-order valence-corrected chi connectivity index (χ0v) is 10.8. The first-order valence-corrected chi connectivity index (χ1v) is 6.12. The summed E-state index contributed by atoms with van der Waals surface area (Å²) in [6, 6.07) is 9.43. The van der Waals surface area contributed by atoms with E-state index in [2.05, 4.69) is 5.32 Å². The van der Waals surface area contributed by atoms with Crippen molar-refractivity contribution < 1.29 is 14.7 Å². The number of rotatable bonds is 6. The molecule has 1 rings (SSSR count). The third kappa shape index (κ3) is 2.88. The van der Waals surface area contributed by atoms with Crippen LogP contribution in [0.25, 0.3) is 0 Å². The largest absolute Gasteiger partial charge is 0.480 e. The van der Waals surface area contributed by atoms with Crippen molar-refractivity contribution >= 4 is 11.9 Å². The van der Waals surface area contributed by atoms with Gasteiger partial charge in [-0.25, -0.2) is 0 Å². The molecule has 0 aliphatic heterocycles. The number of hydrogen-bond donors (Lipinski definition) is 2. The molecule has 4 heteroatoms. The highest BCUT2D eigenvalue weighted by molar-refractivity contribution is 6.01. The van der Waals surface area contributed by atoms with Gasteiger partial charge in [0, 0.05) is 6.54 Å². The van der Waals surface area contributed by atoms with Crippen LogP contribution in [0, 0.1) is 5.41 Å². The number of carbonyl (C=O) groups is 2. The lowest BCUT2D eigenvalue weighted by Gasteiger charge is -2.25. The molecule has 98 valence electrons. The highest BCUT2D eigenvalue weighted by Gasteiger charge is 2.42. The summed E-state index contributed by atoms with van der Waals surface area (Å²) in [5.74, 6) is -1.47. The molecule has 0 aromatic heterocycles. The fraction of sp³-hybridized carbons (Fsp3) is 0.429. The lowest BCUT2D eigenvalue weighted by molar-refractivity contribution is -0.156. The maximum absolute atomic E-state index is 12.1. The second-order valence-corrected chi connectivity index (χ2v) is 4.26. The van der Waals surface area contributed by atoms with Gasteiger partial charge in [-0.15, -0.1) is 0 Å². The van der Waals surface area contributed by atoms with E-state index in [0.717, 1.165) is 5.56 Å². The van der Waals surface area contributed by atoms with Crippen LogP contribution in [0.1, 0.15) is 32.3 Å². The number of benzene rings is 1. The van der Waals surface area contributed by atoms with Crippen molar-refractivity contribution in [3.05, 3.63) is 35.9 Å². The van der Waals surface area contributed by atoms with Crippen LogP contribution < -0.4 is 5.32 Å². The monoisotopic (exact) mass is 249 g/mol. The van der Waals surface area contributed by atoms with E-state index in [1.807, 2.05) is 30.3 Å². The van der Waals surface area contributed by atoms with Crippen LogP contribution in [0.4, 0.5) is 0 Å². The molecule has 0 aliphatic carbocycles. The molecule has 1 amide bonds. The van der Waals surface area contributed by atoms with Gasteiger partial charge in [-0.1, -0.05) is 44.2 Å². The number of nitrogens with one attached hydrogen (secondary N) is 1. The molecule has 0 unspecified atom stereocenters. The van der Waals surface area contributed by atoms with E-state index >= 15 is 0 Å². The topological polar surface area (TPSA) is 66.4 Å². The Kier molecular flexibility index (Phi) is 4.89. The minimum Gasteiger partial charge on any atom is -0.480 e. The van der Waals surface area contributed by atoms with Gasteiger partial charge >= 0.3 is 5.97 Å². The van der Waals surface area contributed by atoms with Gasteiger partial charge in [0.2, 0.25) is 5.91 Å². The molecule has 0 fully saturated rings. The predicted octanol–water partition coefficient (Wildman–Crippen LogP) is 2.19. The number of amides is 1. The molecular weight excluding hydrogens is 230 g/mol. The highest BCUT2D eigenvalue weighted by atomic mass is 16.4. The van der Waals surface area contributed by atoms with E-state index in [1.165, 1.54) is 0 Å². The van der Waals surface area contributed by atoms with E-state index in [0.29, 0.717) is 19.4 Å². The second-order valence-electron chi connectivity index (χ2n) is 4.26. The summed E-state index contributed by atoms with van der Waals surface area (Å²) in [5.41, 5.74) is -0.355. The molecule has 0 bridgehead atoms. The molecule has 0 spiro atoms. The Hall–Kier alpha value is -1.84. The summed E-state index contributed by atoms with van der Waals surface area (Å²) >= 11 is 0. The predicted molar refractivity (Wildman–Crippen MR) is 68.9 cm³/mol. The zero-order valence-electron chi connectivity index (χ0n) is 10.8. The van der Waals surface area contributed by atoms with Crippen molar-refractivity contribution in [3.63, 3.8) is 0 Å². The van der Waals surface area contributed by atoms with Crippen LogP contribution in [-0.2, 0) is 16.1 Å². The molecule has 4 nitrogen and oxygen atoms in total. The Labute approximate surface area is 107 Å². The molecule has 0 radical (unpaired) electrons. The lowest BCUT2D eigenvalue weighted by Crippen LogP contribution is -2.45. The smallest absolute Gasteiger partial charge is 0.319 e. The zero-order chi connectivity index (χ0) is 13.6. The van der Waals surface area contributed by atoms with Gasteiger partial charge in [-0.05, 0) is 18.4 Å². The van der Waals surface area contributed by atoms with Crippen LogP contribution in [0.15, 0.2) is 30.3 Å². The summed E-state index contributed by atoms with van der Waals surface area (Å²) in [6.07, 6.45) is 0.582. The van der Waals surface area contributed by atoms with Crippen LogP contribution in [0.2, 0.25) is 0 Å². The number of aliphatic carboxylic acids is 1. The van der Waals surface area contributed by atoms with Crippen LogP contribution in [0.3, 0.4) is 0 Å². The van der Waals surface area contributed by atoms with Gasteiger partial charge in [-0.2, -0.15) is 0 Å². The Morgan fingerprint density at radius 3 is 2.17 bits per heavy atom. The van der Waals surface area contributed by atoms with Crippen molar-refractivity contribution in [1.82, 2.24) is 5.32 Å². The first-order chi connectivity index (χ1) is 8.56. The van der Waals surface area contributed by atoms with E-state index < -0.39 is 17.3 Å². The van der Waals surface area contributed by atoms with Crippen LogP contribution >= 0.6 is 0 Å². The van der Waals surface area contributed by atoms with Crippen molar-refractivity contribution in [3.8, 4) is 0 Å². The summed E-state index contributed by atoms with van der Waals surface area (Å²) in [6.45, 7) is 3.80. The maximum Gasteiger partial charge on any atom is 0.319 e. The molecule has 0 atom stereocenters. The number of carboxylic acids is 1. The minimum atomic E-state index is -1.31. The number of hydrogen-bond acceptors (Lipinski definition) is 2. The third-order valence-corrected chi connectivity index (χ3v) is 3.35. The van der Waals surface area contributed by atoms with E-state index in [-0.39, 0.29) is 0 Å². The quantitative estimate of drug-likeness (QED) is 0.759. The van der Waals surface area contributed by atoms with Crippen molar-refractivity contribution in [1.29, 1.82) is 0 Å². The van der Waals surface area contributed by atoms with Gasteiger partial charge in [0.15, 0.2) is 0 Å². The van der Waals surface area contributed by atoms with E-state index in [1.54, 1.807) is 13.8 Å².